The van der Waals surface area contributed by atoms with Crippen molar-refractivity contribution >= 4 is 10.9 Å². The largest absolute Gasteiger partial charge is 0.496 e. The number of methoxy groups -OCH3 is 2. The Labute approximate surface area is 128 Å². The molecule has 0 radical (unpaired) electrons. The van der Waals surface area contributed by atoms with E-state index in [1.54, 1.807) is 20.3 Å². The summed E-state index contributed by atoms with van der Waals surface area (Å²) >= 11 is 0. The van der Waals surface area contributed by atoms with E-state index in [9.17, 15) is 5.26 Å². The summed E-state index contributed by atoms with van der Waals surface area (Å²) in [6, 6.07) is 14.0. The summed E-state index contributed by atoms with van der Waals surface area (Å²) in [5.41, 5.74) is 4.35. The van der Waals surface area contributed by atoms with Gasteiger partial charge in [-0.3, -0.25) is 0 Å². The lowest BCUT2D eigenvalue weighted by molar-refractivity contribution is 0.397. The number of rotatable bonds is 3. The average molecular weight is 292 g/mol. The Morgan fingerprint density at radius 3 is 2.32 bits per heavy atom. The van der Waals surface area contributed by atoms with Crippen LogP contribution in [0.2, 0.25) is 0 Å². The van der Waals surface area contributed by atoms with Crippen molar-refractivity contribution in [2.75, 3.05) is 14.2 Å². The highest BCUT2D eigenvalue weighted by atomic mass is 16.5. The number of nitriles is 1. The number of nitrogens with one attached hydrogen (secondary N) is 1. The molecule has 0 aliphatic heterocycles. The van der Waals surface area contributed by atoms with Gasteiger partial charge in [0, 0.05) is 17.3 Å². The predicted octanol–water partition coefficient (Wildman–Crippen LogP) is 4.03. The van der Waals surface area contributed by atoms with Gasteiger partial charge in [-0.15, -0.1) is 0 Å². The molecule has 1 aromatic heterocycles. The summed E-state index contributed by atoms with van der Waals surface area (Å²) in [5, 5.41) is 10.4. The Bertz CT molecular complexity index is 874. The Kier molecular flexibility index (Phi) is 3.48. The molecule has 0 atom stereocenters. The minimum atomic E-state index is 0.489. The number of aromatic nitrogens is 1. The van der Waals surface area contributed by atoms with Crippen molar-refractivity contribution < 1.29 is 9.47 Å². The monoisotopic (exact) mass is 292 g/mol. The second-order valence-corrected chi connectivity index (χ2v) is 5.01. The summed E-state index contributed by atoms with van der Waals surface area (Å²) in [7, 11) is 3.17. The van der Waals surface area contributed by atoms with Crippen LogP contribution in [0, 0.1) is 18.3 Å². The van der Waals surface area contributed by atoms with E-state index in [0.717, 1.165) is 27.7 Å². The molecular formula is C18H16N2O2. The fourth-order valence-corrected chi connectivity index (χ4v) is 2.84. The van der Waals surface area contributed by atoms with Crippen LogP contribution in [0.1, 0.15) is 11.3 Å². The van der Waals surface area contributed by atoms with Gasteiger partial charge in [0.1, 0.15) is 23.1 Å². The van der Waals surface area contributed by atoms with Crippen LogP contribution in [0.15, 0.2) is 36.4 Å². The van der Waals surface area contributed by atoms with Crippen LogP contribution in [-0.2, 0) is 0 Å². The molecule has 0 saturated carbocycles. The van der Waals surface area contributed by atoms with Gasteiger partial charge >= 0.3 is 0 Å². The van der Waals surface area contributed by atoms with E-state index >= 15 is 0 Å². The van der Waals surface area contributed by atoms with Gasteiger partial charge in [-0.2, -0.15) is 5.26 Å². The summed E-state index contributed by atoms with van der Waals surface area (Å²) < 4.78 is 10.9. The highest BCUT2D eigenvalue weighted by molar-refractivity contribution is 6.05. The van der Waals surface area contributed by atoms with Gasteiger partial charge in [-0.05, 0) is 12.5 Å². The van der Waals surface area contributed by atoms with Gasteiger partial charge in [0.2, 0.25) is 0 Å². The molecule has 0 amide bonds. The van der Waals surface area contributed by atoms with Gasteiger partial charge < -0.3 is 14.5 Å². The second-order valence-electron chi connectivity index (χ2n) is 5.01. The van der Waals surface area contributed by atoms with Gasteiger partial charge in [-0.25, -0.2) is 0 Å². The first-order valence-corrected chi connectivity index (χ1v) is 6.94. The first-order valence-electron chi connectivity index (χ1n) is 6.94. The zero-order valence-corrected chi connectivity index (χ0v) is 12.7. The normalized spacial score (nSPS) is 10.5. The van der Waals surface area contributed by atoms with Crippen molar-refractivity contribution in [1.29, 1.82) is 5.26 Å². The van der Waals surface area contributed by atoms with Gasteiger partial charge in [0.05, 0.1) is 25.1 Å². The Balaban J connectivity index is 2.46. The Morgan fingerprint density at radius 2 is 1.73 bits per heavy atom. The van der Waals surface area contributed by atoms with Crippen molar-refractivity contribution in [2.24, 2.45) is 0 Å². The Morgan fingerprint density at radius 1 is 1.05 bits per heavy atom. The molecule has 110 valence electrons. The average Bonchev–Trinajstić information content (AvgIpc) is 2.90. The third kappa shape index (κ3) is 1.99. The topological polar surface area (TPSA) is 58.0 Å². The highest BCUT2D eigenvalue weighted by Gasteiger charge is 2.20. The lowest BCUT2D eigenvalue weighted by Crippen LogP contribution is -1.93. The molecule has 0 aliphatic carbocycles. The smallest absolute Gasteiger partial charge is 0.142 e. The minimum Gasteiger partial charge on any atom is -0.496 e. The number of fused-ring (bicyclic) bond motifs is 1. The summed E-state index contributed by atoms with van der Waals surface area (Å²) in [6.45, 7) is 2.00. The molecule has 0 spiro atoms. The zero-order valence-electron chi connectivity index (χ0n) is 12.7. The molecule has 0 fully saturated rings. The maximum atomic E-state index is 9.49. The maximum absolute atomic E-state index is 9.49. The summed E-state index contributed by atoms with van der Waals surface area (Å²) in [6.07, 6.45) is 0. The van der Waals surface area contributed by atoms with Crippen molar-refractivity contribution in [2.45, 2.75) is 6.92 Å². The first-order chi connectivity index (χ1) is 10.7. The molecule has 4 heteroatoms. The van der Waals surface area contributed by atoms with Crippen LogP contribution < -0.4 is 9.47 Å². The van der Waals surface area contributed by atoms with Crippen LogP contribution >= 0.6 is 0 Å². The highest BCUT2D eigenvalue weighted by Crippen LogP contribution is 2.42. The summed E-state index contributed by atoms with van der Waals surface area (Å²) in [4.78, 5) is 3.31. The maximum Gasteiger partial charge on any atom is 0.142 e. The van der Waals surface area contributed by atoms with E-state index in [1.165, 1.54) is 0 Å². The van der Waals surface area contributed by atoms with E-state index in [1.807, 2.05) is 37.3 Å². The molecule has 1 heterocycles. The van der Waals surface area contributed by atoms with Crippen molar-refractivity contribution in [3.05, 3.63) is 47.7 Å². The van der Waals surface area contributed by atoms with E-state index in [2.05, 4.69) is 11.1 Å². The number of aryl methyl sites for hydroxylation is 1. The van der Waals surface area contributed by atoms with E-state index in [4.69, 9.17) is 9.47 Å². The standard InChI is InChI=1S/C18H16N2O2/c1-11-16(12-7-5-4-6-8-12)17-15(22-3)9-14(21-2)13(10-19)18(17)20-11/h4-9,20H,1-3H3. The quantitative estimate of drug-likeness (QED) is 0.792. The molecular weight excluding hydrogens is 276 g/mol. The number of nitrogens with zero attached hydrogens (tertiary/aromatic N) is 1. The molecule has 0 bridgehead atoms. The molecule has 0 aliphatic rings. The molecule has 3 aromatic rings. The number of hydrogen-bond acceptors (Lipinski definition) is 3. The molecule has 2 aromatic carbocycles. The molecule has 0 saturated heterocycles. The molecule has 22 heavy (non-hydrogen) atoms. The molecule has 1 N–H and O–H groups in total. The number of aromatic amines is 1. The predicted molar refractivity (Wildman–Crippen MR) is 86.3 cm³/mol. The SMILES string of the molecule is COc1cc(OC)c2c(-c3ccccc3)c(C)[nH]c2c1C#N. The number of benzene rings is 2. The fraction of sp³-hybridized carbons (Fsp3) is 0.167. The van der Waals surface area contributed by atoms with Crippen LogP contribution in [0.4, 0.5) is 0 Å². The first kappa shape index (κ1) is 14.0. The van der Waals surface area contributed by atoms with Gasteiger partial charge in [0.15, 0.2) is 0 Å². The number of H-pyrrole nitrogens is 1. The Hall–Kier alpha value is -2.93. The van der Waals surface area contributed by atoms with Crippen LogP contribution in [0.5, 0.6) is 11.5 Å². The summed E-state index contributed by atoms with van der Waals surface area (Å²) in [5.74, 6) is 1.20. The van der Waals surface area contributed by atoms with Crippen LogP contribution in [-0.4, -0.2) is 19.2 Å². The van der Waals surface area contributed by atoms with Gasteiger partial charge in [-0.1, -0.05) is 30.3 Å². The third-order valence-electron chi connectivity index (χ3n) is 3.81. The molecule has 3 rings (SSSR count). The van der Waals surface area contributed by atoms with E-state index < -0.39 is 0 Å². The lowest BCUT2D eigenvalue weighted by atomic mass is 10.00. The lowest BCUT2D eigenvalue weighted by Gasteiger charge is -2.10. The van der Waals surface area contributed by atoms with E-state index in [-0.39, 0.29) is 0 Å². The van der Waals surface area contributed by atoms with Crippen molar-refractivity contribution in [1.82, 2.24) is 4.98 Å². The fourth-order valence-electron chi connectivity index (χ4n) is 2.84. The van der Waals surface area contributed by atoms with E-state index in [0.29, 0.717) is 17.1 Å². The van der Waals surface area contributed by atoms with Crippen LogP contribution in [0.25, 0.3) is 22.0 Å². The zero-order chi connectivity index (χ0) is 15.7. The third-order valence-corrected chi connectivity index (χ3v) is 3.81. The molecule has 0 unspecified atom stereocenters. The number of ether oxygens (including phenoxy) is 2. The van der Waals surface area contributed by atoms with Crippen molar-refractivity contribution in [3.8, 4) is 28.7 Å². The molecule has 4 nitrogen and oxygen atoms in total. The van der Waals surface area contributed by atoms with Gasteiger partial charge in [0.25, 0.3) is 0 Å². The minimum absolute atomic E-state index is 0.489. The second kappa shape index (κ2) is 5.45. The van der Waals surface area contributed by atoms with Crippen molar-refractivity contribution in [3.63, 3.8) is 0 Å². The van der Waals surface area contributed by atoms with Crippen LogP contribution in [0.3, 0.4) is 0 Å². The number of hydrogen-bond donors (Lipinski definition) is 1.